The molecule has 0 bridgehead atoms. The zero-order valence-electron chi connectivity index (χ0n) is 13.2. The van der Waals surface area contributed by atoms with E-state index in [2.05, 4.69) is 15.2 Å². The van der Waals surface area contributed by atoms with Gasteiger partial charge in [0.1, 0.15) is 6.54 Å². The first kappa shape index (κ1) is 14.6. The van der Waals surface area contributed by atoms with Crippen LogP contribution in [0, 0.1) is 6.92 Å². The molecule has 24 heavy (non-hydrogen) atoms. The topological polar surface area (TPSA) is 85.4 Å². The van der Waals surface area contributed by atoms with Crippen molar-refractivity contribution in [1.29, 1.82) is 0 Å². The zero-order chi connectivity index (χ0) is 16.7. The van der Waals surface area contributed by atoms with Gasteiger partial charge in [0, 0.05) is 49.6 Å². The minimum Gasteiger partial charge on any atom is -0.336 e. The van der Waals surface area contributed by atoms with Gasteiger partial charge in [-0.25, -0.2) is 14.2 Å². The van der Waals surface area contributed by atoms with Gasteiger partial charge in [0.15, 0.2) is 5.65 Å². The summed E-state index contributed by atoms with van der Waals surface area (Å²) in [6.07, 6.45) is 4.01. The first-order chi connectivity index (χ1) is 11.6. The van der Waals surface area contributed by atoms with E-state index in [0.29, 0.717) is 19.5 Å². The molecule has 0 aliphatic carbocycles. The Hall–Kier alpha value is -3.03. The van der Waals surface area contributed by atoms with Crippen molar-refractivity contribution in [3.05, 3.63) is 57.9 Å². The molecular weight excluding hydrogens is 308 g/mol. The number of carbonyl (C=O) groups is 1. The van der Waals surface area contributed by atoms with Gasteiger partial charge in [-0.3, -0.25) is 9.59 Å². The molecule has 0 saturated carbocycles. The van der Waals surface area contributed by atoms with Crippen LogP contribution in [-0.4, -0.2) is 41.7 Å². The summed E-state index contributed by atoms with van der Waals surface area (Å²) in [5.74, 6) is -0.127. The average molecular weight is 324 g/mol. The van der Waals surface area contributed by atoms with Gasteiger partial charge >= 0.3 is 0 Å². The van der Waals surface area contributed by atoms with Crippen LogP contribution in [0.15, 0.2) is 35.4 Å². The average Bonchev–Trinajstić information content (AvgIpc) is 2.97. The van der Waals surface area contributed by atoms with Crippen LogP contribution in [0.25, 0.3) is 5.65 Å². The maximum atomic E-state index is 12.5. The summed E-state index contributed by atoms with van der Waals surface area (Å²) >= 11 is 0. The number of nitrogens with zero attached hydrogens (tertiary/aromatic N) is 6. The molecule has 3 aromatic heterocycles. The summed E-state index contributed by atoms with van der Waals surface area (Å²) in [4.78, 5) is 30.3. The normalized spacial score (nSPS) is 14.0. The third-order valence-corrected chi connectivity index (χ3v) is 4.19. The molecule has 0 radical (unpaired) electrons. The number of amides is 1. The molecule has 0 aromatic carbocycles. The maximum absolute atomic E-state index is 12.5. The Morgan fingerprint density at radius 3 is 3.08 bits per heavy atom. The molecule has 0 spiro atoms. The van der Waals surface area contributed by atoms with Crippen LogP contribution in [0.4, 0.5) is 0 Å². The summed E-state index contributed by atoms with van der Waals surface area (Å²) in [7, 11) is 0. The Bertz CT molecular complexity index is 990. The highest BCUT2D eigenvalue weighted by molar-refractivity contribution is 5.76. The third-order valence-electron chi connectivity index (χ3n) is 4.19. The number of carbonyl (C=O) groups excluding carboxylic acids is 1. The minimum absolute atomic E-state index is 0.0500. The lowest BCUT2D eigenvalue weighted by molar-refractivity contribution is -0.133. The van der Waals surface area contributed by atoms with Crippen LogP contribution < -0.4 is 5.56 Å². The van der Waals surface area contributed by atoms with Crippen molar-refractivity contribution in [2.24, 2.45) is 0 Å². The smallest absolute Gasteiger partial charge is 0.267 e. The van der Waals surface area contributed by atoms with E-state index in [0.717, 1.165) is 22.6 Å². The van der Waals surface area contributed by atoms with E-state index in [1.807, 2.05) is 17.5 Å². The molecule has 3 aromatic rings. The second-order valence-corrected chi connectivity index (χ2v) is 5.87. The van der Waals surface area contributed by atoms with Crippen LogP contribution >= 0.6 is 0 Å². The van der Waals surface area contributed by atoms with Crippen LogP contribution in [0.2, 0.25) is 0 Å². The molecule has 8 heteroatoms. The summed E-state index contributed by atoms with van der Waals surface area (Å²) in [5, 5.41) is 8.40. The molecule has 0 atom stereocenters. The number of hydrogen-bond acceptors (Lipinski definition) is 5. The second kappa shape index (κ2) is 5.55. The van der Waals surface area contributed by atoms with Crippen LogP contribution in [0.5, 0.6) is 0 Å². The van der Waals surface area contributed by atoms with E-state index in [1.165, 1.54) is 16.9 Å². The standard InChI is InChI=1S/C16H16N6O2/c1-11-7-14-17-8-12-9-20(6-4-13(12)22(14)19-11)16(24)10-21-15(23)3-2-5-18-21/h2-3,5,7-8H,4,6,9-10H2,1H3. The molecule has 1 aliphatic heterocycles. The lowest BCUT2D eigenvalue weighted by Crippen LogP contribution is -2.40. The quantitative estimate of drug-likeness (QED) is 0.671. The van der Waals surface area contributed by atoms with Gasteiger partial charge in [0.05, 0.1) is 11.4 Å². The first-order valence-electron chi connectivity index (χ1n) is 7.75. The van der Waals surface area contributed by atoms with Gasteiger partial charge < -0.3 is 4.90 Å². The van der Waals surface area contributed by atoms with Gasteiger partial charge in [0.25, 0.3) is 5.56 Å². The summed E-state index contributed by atoms with van der Waals surface area (Å²) in [5.41, 5.74) is 3.54. The van der Waals surface area contributed by atoms with E-state index < -0.39 is 0 Å². The SMILES string of the molecule is Cc1cc2ncc3c(n2n1)CCN(C(=O)Cn1ncccc1=O)C3. The molecular formula is C16H16N6O2. The van der Waals surface area contributed by atoms with Crippen LogP contribution in [0.3, 0.4) is 0 Å². The molecule has 1 amide bonds. The molecule has 4 rings (SSSR count). The molecule has 122 valence electrons. The van der Waals surface area contributed by atoms with E-state index in [-0.39, 0.29) is 18.0 Å². The Balaban J connectivity index is 1.58. The summed E-state index contributed by atoms with van der Waals surface area (Å²) < 4.78 is 3.03. The third kappa shape index (κ3) is 2.45. The fourth-order valence-electron chi connectivity index (χ4n) is 3.00. The van der Waals surface area contributed by atoms with Crippen molar-refractivity contribution in [3.8, 4) is 0 Å². The Labute approximate surface area is 137 Å². The molecule has 1 aliphatic rings. The first-order valence-corrected chi connectivity index (χ1v) is 7.75. The van der Waals surface area contributed by atoms with E-state index in [9.17, 15) is 9.59 Å². The monoisotopic (exact) mass is 324 g/mol. The van der Waals surface area contributed by atoms with Crippen molar-refractivity contribution in [2.45, 2.75) is 26.4 Å². The predicted molar refractivity (Wildman–Crippen MR) is 85.3 cm³/mol. The zero-order valence-corrected chi connectivity index (χ0v) is 13.2. The van der Waals surface area contributed by atoms with Crippen LogP contribution in [0.1, 0.15) is 17.0 Å². The highest BCUT2D eigenvalue weighted by Crippen LogP contribution is 2.19. The Morgan fingerprint density at radius 2 is 2.25 bits per heavy atom. The lowest BCUT2D eigenvalue weighted by atomic mass is 10.1. The van der Waals surface area contributed by atoms with Crippen molar-refractivity contribution in [2.75, 3.05) is 6.54 Å². The predicted octanol–water partition coefficient (Wildman–Crippen LogP) is 0.179. The van der Waals surface area contributed by atoms with Crippen molar-refractivity contribution in [1.82, 2.24) is 29.3 Å². The van der Waals surface area contributed by atoms with E-state index in [4.69, 9.17) is 0 Å². The summed E-state index contributed by atoms with van der Waals surface area (Å²) in [6, 6.07) is 4.89. The number of fused-ring (bicyclic) bond motifs is 3. The van der Waals surface area contributed by atoms with E-state index >= 15 is 0 Å². The molecule has 0 N–H and O–H groups in total. The number of hydrogen-bond donors (Lipinski definition) is 0. The fourth-order valence-corrected chi connectivity index (χ4v) is 3.00. The molecule has 8 nitrogen and oxygen atoms in total. The van der Waals surface area contributed by atoms with Gasteiger partial charge in [-0.2, -0.15) is 10.2 Å². The molecule has 0 saturated heterocycles. The number of aromatic nitrogens is 5. The van der Waals surface area contributed by atoms with Gasteiger partial charge in [-0.05, 0) is 13.0 Å². The fraction of sp³-hybridized carbons (Fsp3) is 0.312. The number of rotatable bonds is 2. The lowest BCUT2D eigenvalue weighted by Gasteiger charge is -2.28. The minimum atomic E-state index is -0.279. The Kier molecular flexibility index (Phi) is 3.37. The second-order valence-electron chi connectivity index (χ2n) is 5.87. The van der Waals surface area contributed by atoms with Crippen LogP contribution in [-0.2, 0) is 24.3 Å². The van der Waals surface area contributed by atoms with Crippen molar-refractivity contribution >= 4 is 11.6 Å². The van der Waals surface area contributed by atoms with E-state index in [1.54, 1.807) is 17.2 Å². The number of aryl methyl sites for hydroxylation is 1. The molecule has 0 fully saturated rings. The summed E-state index contributed by atoms with van der Waals surface area (Å²) in [6.45, 7) is 2.94. The molecule has 0 unspecified atom stereocenters. The highest BCUT2D eigenvalue weighted by Gasteiger charge is 2.24. The van der Waals surface area contributed by atoms with Gasteiger partial charge in [-0.1, -0.05) is 0 Å². The Morgan fingerprint density at radius 1 is 1.38 bits per heavy atom. The van der Waals surface area contributed by atoms with Crippen molar-refractivity contribution < 1.29 is 4.79 Å². The maximum Gasteiger partial charge on any atom is 0.267 e. The van der Waals surface area contributed by atoms with Crippen molar-refractivity contribution in [3.63, 3.8) is 0 Å². The van der Waals surface area contributed by atoms with Gasteiger partial charge in [-0.15, -0.1) is 0 Å². The van der Waals surface area contributed by atoms with Gasteiger partial charge in [0.2, 0.25) is 5.91 Å². The molecule has 4 heterocycles. The highest BCUT2D eigenvalue weighted by atomic mass is 16.2. The largest absolute Gasteiger partial charge is 0.336 e.